The van der Waals surface area contributed by atoms with Crippen molar-refractivity contribution in [2.45, 2.75) is 322 Å². The molecule has 0 aliphatic rings. The Kier molecular flexibility index (Phi) is 52.7. The minimum atomic E-state index is -0.771. The Bertz CT molecular complexity index is 1050. The summed E-state index contributed by atoms with van der Waals surface area (Å²) in [6.07, 6.45) is 63.1. The molecule has 0 radical (unpaired) electrons. The summed E-state index contributed by atoms with van der Waals surface area (Å²) >= 11 is 0. The van der Waals surface area contributed by atoms with Crippen molar-refractivity contribution in [2.24, 2.45) is 0 Å². The van der Waals surface area contributed by atoms with E-state index in [9.17, 15) is 14.4 Å². The molecule has 65 heavy (non-hydrogen) atoms. The van der Waals surface area contributed by atoms with Crippen LogP contribution in [0.3, 0.4) is 0 Å². The average molecular weight is 916 g/mol. The molecule has 1 atom stereocenters. The maximum Gasteiger partial charge on any atom is 0.306 e. The number of carbonyl (C=O) groups excluding carboxylic acids is 3. The van der Waals surface area contributed by atoms with Crippen LogP contribution in [0.1, 0.15) is 316 Å². The lowest BCUT2D eigenvalue weighted by molar-refractivity contribution is -0.167. The van der Waals surface area contributed by atoms with Gasteiger partial charge in [-0.1, -0.05) is 251 Å². The van der Waals surface area contributed by atoms with Gasteiger partial charge in [-0.05, 0) is 70.6 Å². The minimum absolute atomic E-state index is 0.0706. The van der Waals surface area contributed by atoms with Gasteiger partial charge in [-0.15, -0.1) is 0 Å². The van der Waals surface area contributed by atoms with Crippen LogP contribution in [0.15, 0.2) is 24.3 Å². The van der Waals surface area contributed by atoms with Crippen LogP contribution in [0.4, 0.5) is 0 Å². The first-order valence-electron chi connectivity index (χ1n) is 28.8. The topological polar surface area (TPSA) is 78.9 Å². The summed E-state index contributed by atoms with van der Waals surface area (Å²) in [5.74, 6) is -0.862. The molecule has 6 nitrogen and oxygen atoms in total. The summed E-state index contributed by atoms with van der Waals surface area (Å²) < 4.78 is 16.9. The fourth-order valence-electron chi connectivity index (χ4n) is 8.55. The van der Waals surface area contributed by atoms with Crippen LogP contribution in [0, 0.1) is 0 Å². The fraction of sp³-hybridized carbons (Fsp3) is 0.881. The smallest absolute Gasteiger partial charge is 0.306 e. The van der Waals surface area contributed by atoms with Crippen LogP contribution in [0.25, 0.3) is 0 Å². The van der Waals surface area contributed by atoms with Gasteiger partial charge in [0.2, 0.25) is 0 Å². The Labute approximate surface area is 404 Å². The van der Waals surface area contributed by atoms with Crippen LogP contribution in [-0.2, 0) is 28.6 Å². The highest BCUT2D eigenvalue weighted by Crippen LogP contribution is 2.16. The van der Waals surface area contributed by atoms with Crippen molar-refractivity contribution in [2.75, 3.05) is 13.2 Å². The third kappa shape index (κ3) is 52.7. The van der Waals surface area contributed by atoms with E-state index >= 15 is 0 Å². The van der Waals surface area contributed by atoms with E-state index in [0.717, 1.165) is 64.2 Å². The third-order valence-electron chi connectivity index (χ3n) is 12.9. The number of ether oxygens (including phenoxy) is 3. The molecule has 0 rings (SSSR count). The predicted octanol–water partition coefficient (Wildman–Crippen LogP) is 19.1. The first-order valence-corrected chi connectivity index (χ1v) is 28.8. The lowest BCUT2D eigenvalue weighted by atomic mass is 10.0. The van der Waals surface area contributed by atoms with Crippen molar-refractivity contribution in [3.8, 4) is 0 Å². The molecule has 0 aliphatic carbocycles. The highest BCUT2D eigenvalue weighted by molar-refractivity contribution is 5.71. The van der Waals surface area contributed by atoms with Gasteiger partial charge < -0.3 is 14.2 Å². The molecule has 0 unspecified atom stereocenters. The van der Waals surface area contributed by atoms with Gasteiger partial charge in [0, 0.05) is 19.3 Å². The summed E-state index contributed by atoms with van der Waals surface area (Å²) in [6.45, 7) is 6.66. The van der Waals surface area contributed by atoms with Gasteiger partial charge in [-0.2, -0.15) is 0 Å². The zero-order valence-corrected chi connectivity index (χ0v) is 43.8. The van der Waals surface area contributed by atoms with Crippen molar-refractivity contribution in [3.63, 3.8) is 0 Å². The molecule has 382 valence electrons. The number of allylic oxidation sites excluding steroid dienone is 4. The van der Waals surface area contributed by atoms with Gasteiger partial charge >= 0.3 is 17.9 Å². The molecule has 0 N–H and O–H groups in total. The van der Waals surface area contributed by atoms with Crippen LogP contribution >= 0.6 is 0 Å². The number of unbranched alkanes of at least 4 members (excludes halogenated alkanes) is 38. The summed E-state index contributed by atoms with van der Waals surface area (Å²) in [6, 6.07) is 0. The second kappa shape index (κ2) is 54.5. The summed E-state index contributed by atoms with van der Waals surface area (Å²) in [5.41, 5.74) is 0. The molecule has 0 saturated heterocycles. The third-order valence-corrected chi connectivity index (χ3v) is 12.9. The van der Waals surface area contributed by atoms with Crippen molar-refractivity contribution < 1.29 is 28.6 Å². The fourth-order valence-corrected chi connectivity index (χ4v) is 8.55. The van der Waals surface area contributed by atoms with Crippen molar-refractivity contribution >= 4 is 17.9 Å². The maximum atomic E-state index is 12.8. The maximum absolute atomic E-state index is 12.8. The lowest BCUT2D eigenvalue weighted by Crippen LogP contribution is -2.30. The molecule has 0 amide bonds. The molecule has 0 saturated carbocycles. The van der Waals surface area contributed by atoms with E-state index in [2.05, 4.69) is 45.1 Å². The Morgan fingerprint density at radius 2 is 0.508 bits per heavy atom. The van der Waals surface area contributed by atoms with Crippen LogP contribution < -0.4 is 0 Å². The molecular formula is C59H110O6. The average Bonchev–Trinajstić information content (AvgIpc) is 3.30. The first kappa shape index (κ1) is 62.9. The molecule has 0 bridgehead atoms. The molecule has 0 aliphatic heterocycles. The largest absolute Gasteiger partial charge is 0.462 e. The molecule has 0 fully saturated rings. The molecular weight excluding hydrogens is 805 g/mol. The quantitative estimate of drug-likeness (QED) is 0.0262. The second-order valence-electron chi connectivity index (χ2n) is 19.6. The minimum Gasteiger partial charge on any atom is -0.462 e. The lowest BCUT2D eigenvalue weighted by Gasteiger charge is -2.18. The van der Waals surface area contributed by atoms with Gasteiger partial charge in [0.25, 0.3) is 0 Å². The van der Waals surface area contributed by atoms with Crippen molar-refractivity contribution in [1.82, 2.24) is 0 Å². The molecule has 0 heterocycles. The SMILES string of the molecule is CCCCCC/C=C/CCCCCCCC(=O)OC[C@H](COC(=O)CCCCCCCCCCC/C=C/CCCCCCCC)OC(=O)CCCCCCCCCCCCCCCCC. The van der Waals surface area contributed by atoms with Gasteiger partial charge in [-0.25, -0.2) is 0 Å². The molecule has 0 aromatic rings. The number of rotatable bonds is 53. The standard InChI is InChI=1S/C59H110O6/c1-4-7-10-13-16-19-22-25-27-28-29-30-32-34-37-40-43-46-49-52-58(61)64-55-56(54-63-57(60)51-48-45-42-39-36-33-24-21-18-15-12-9-6-3)65-59(62)53-50-47-44-41-38-35-31-26-23-20-17-14-11-8-5-2/h21,24-25,27,56H,4-20,22-23,26,28-55H2,1-3H3/b24-21+,27-25+/t56-/m1/s1. The van der Waals surface area contributed by atoms with E-state index in [4.69, 9.17) is 14.2 Å². The summed E-state index contributed by atoms with van der Waals surface area (Å²) in [4.78, 5) is 38.1. The van der Waals surface area contributed by atoms with E-state index in [0.29, 0.717) is 19.3 Å². The first-order chi connectivity index (χ1) is 32.0. The summed E-state index contributed by atoms with van der Waals surface area (Å²) in [5, 5.41) is 0. The van der Waals surface area contributed by atoms with Crippen molar-refractivity contribution in [1.29, 1.82) is 0 Å². The molecule has 6 heteroatoms. The van der Waals surface area contributed by atoms with Gasteiger partial charge in [0.05, 0.1) is 0 Å². The van der Waals surface area contributed by atoms with Crippen molar-refractivity contribution in [3.05, 3.63) is 24.3 Å². The Morgan fingerprint density at radius 1 is 0.292 bits per heavy atom. The van der Waals surface area contributed by atoms with Crippen LogP contribution in [-0.4, -0.2) is 37.2 Å². The van der Waals surface area contributed by atoms with Crippen LogP contribution in [0.5, 0.6) is 0 Å². The van der Waals surface area contributed by atoms with Gasteiger partial charge in [0.15, 0.2) is 6.10 Å². The number of hydrogen-bond donors (Lipinski definition) is 0. The zero-order valence-electron chi connectivity index (χ0n) is 43.8. The van der Waals surface area contributed by atoms with E-state index in [1.54, 1.807) is 0 Å². The Morgan fingerprint density at radius 3 is 0.785 bits per heavy atom. The number of esters is 3. The Hall–Kier alpha value is -2.11. The van der Waals surface area contributed by atoms with Gasteiger partial charge in [-0.3, -0.25) is 14.4 Å². The highest BCUT2D eigenvalue weighted by atomic mass is 16.6. The van der Waals surface area contributed by atoms with E-state index in [1.807, 2.05) is 0 Å². The number of hydrogen-bond acceptors (Lipinski definition) is 6. The zero-order chi connectivity index (χ0) is 47.2. The summed E-state index contributed by atoms with van der Waals surface area (Å²) in [7, 11) is 0. The normalized spacial score (nSPS) is 12.1. The number of carbonyl (C=O) groups is 3. The molecule has 0 aromatic heterocycles. The Balaban J connectivity index is 4.31. The van der Waals surface area contributed by atoms with Crippen LogP contribution in [0.2, 0.25) is 0 Å². The molecule has 0 aromatic carbocycles. The predicted molar refractivity (Wildman–Crippen MR) is 279 cm³/mol. The van der Waals surface area contributed by atoms with E-state index < -0.39 is 6.10 Å². The monoisotopic (exact) mass is 915 g/mol. The highest BCUT2D eigenvalue weighted by Gasteiger charge is 2.19. The van der Waals surface area contributed by atoms with Gasteiger partial charge in [0.1, 0.15) is 13.2 Å². The van der Waals surface area contributed by atoms with E-state index in [1.165, 1.54) is 212 Å². The molecule has 0 spiro atoms. The second-order valence-corrected chi connectivity index (χ2v) is 19.6. The van der Waals surface area contributed by atoms with E-state index in [-0.39, 0.29) is 31.1 Å².